The molecule has 3 heteroatoms. The maximum atomic E-state index is 3.95. The normalized spacial score (nSPS) is 34.3. The van der Waals surface area contributed by atoms with Crippen molar-refractivity contribution in [3.63, 3.8) is 0 Å². The third-order valence-electron chi connectivity index (χ3n) is 1.70. The van der Waals surface area contributed by atoms with Gasteiger partial charge in [0.1, 0.15) is 6.20 Å². The number of likely N-dealkylation sites (N-methyl/N-ethyl adjacent to an activating group) is 1. The summed E-state index contributed by atoms with van der Waals surface area (Å²) in [6.07, 6.45) is 9.77. The van der Waals surface area contributed by atoms with Crippen molar-refractivity contribution in [3.05, 3.63) is 24.4 Å². The maximum Gasteiger partial charge on any atom is 0.257 e. The molecule has 2 aliphatic rings. The van der Waals surface area contributed by atoms with Gasteiger partial charge in [0.05, 0.1) is 7.05 Å². The van der Waals surface area contributed by atoms with Crippen LogP contribution in [-0.4, -0.2) is 23.7 Å². The molecule has 50 valence electrons. The highest BCUT2D eigenvalue weighted by molar-refractivity contribution is 5.95. The average molecular weight is 134 g/mol. The van der Waals surface area contributed by atoms with E-state index in [9.17, 15) is 0 Å². The Morgan fingerprint density at radius 2 is 2.30 bits per heavy atom. The SMILES string of the molecule is C[N+]12C=CC=CC1=NN=C2. The molecule has 0 saturated heterocycles. The lowest BCUT2D eigenvalue weighted by Gasteiger charge is -2.19. The summed E-state index contributed by atoms with van der Waals surface area (Å²) in [6, 6.07) is 0. The van der Waals surface area contributed by atoms with E-state index in [1.807, 2.05) is 31.5 Å². The van der Waals surface area contributed by atoms with Gasteiger partial charge < -0.3 is 0 Å². The molecular weight excluding hydrogens is 126 g/mol. The molecule has 1 unspecified atom stereocenters. The second-order valence-electron chi connectivity index (χ2n) is 2.54. The van der Waals surface area contributed by atoms with Crippen molar-refractivity contribution in [1.82, 2.24) is 0 Å². The summed E-state index contributed by atoms with van der Waals surface area (Å²) in [4.78, 5) is 0. The number of amidine groups is 1. The molecule has 10 heavy (non-hydrogen) atoms. The van der Waals surface area contributed by atoms with Crippen LogP contribution in [0.1, 0.15) is 0 Å². The van der Waals surface area contributed by atoms with E-state index in [2.05, 4.69) is 10.2 Å². The summed E-state index contributed by atoms with van der Waals surface area (Å²) < 4.78 is 0.608. The first kappa shape index (κ1) is 5.56. The molecule has 0 spiro atoms. The maximum absolute atomic E-state index is 3.95. The molecule has 0 radical (unpaired) electrons. The lowest BCUT2D eigenvalue weighted by Crippen LogP contribution is -2.40. The average Bonchev–Trinajstić information content (AvgIpc) is 2.29. The van der Waals surface area contributed by atoms with Crippen LogP contribution < -0.4 is 0 Å². The molecule has 0 fully saturated rings. The Kier molecular flexibility index (Phi) is 0.910. The molecule has 1 atom stereocenters. The van der Waals surface area contributed by atoms with Gasteiger partial charge >= 0.3 is 0 Å². The highest BCUT2D eigenvalue weighted by atomic mass is 15.5. The Hall–Kier alpha value is -1.22. The van der Waals surface area contributed by atoms with Gasteiger partial charge in [-0.15, -0.1) is 0 Å². The lowest BCUT2D eigenvalue weighted by atomic mass is 10.3. The van der Waals surface area contributed by atoms with Gasteiger partial charge in [-0.05, 0) is 12.2 Å². The Balaban J connectivity index is 2.51. The largest absolute Gasteiger partial charge is 0.257 e. The smallest absolute Gasteiger partial charge is 0.206 e. The van der Waals surface area contributed by atoms with Gasteiger partial charge in [-0.25, -0.2) is 4.48 Å². The van der Waals surface area contributed by atoms with Gasteiger partial charge in [0, 0.05) is 6.08 Å². The Morgan fingerprint density at radius 3 is 3.10 bits per heavy atom. The van der Waals surface area contributed by atoms with E-state index in [0.717, 1.165) is 5.84 Å². The highest BCUT2D eigenvalue weighted by Crippen LogP contribution is 2.13. The summed E-state index contributed by atoms with van der Waals surface area (Å²) >= 11 is 0. The molecule has 0 bridgehead atoms. The van der Waals surface area contributed by atoms with Gasteiger partial charge in [-0.2, -0.15) is 0 Å². The minimum Gasteiger partial charge on any atom is -0.206 e. The summed E-state index contributed by atoms with van der Waals surface area (Å²) in [5, 5.41) is 7.78. The third kappa shape index (κ3) is 0.579. The van der Waals surface area contributed by atoms with Crippen LogP contribution >= 0.6 is 0 Å². The van der Waals surface area contributed by atoms with E-state index in [-0.39, 0.29) is 0 Å². The summed E-state index contributed by atoms with van der Waals surface area (Å²) in [7, 11) is 2.04. The molecule has 0 amide bonds. The van der Waals surface area contributed by atoms with E-state index >= 15 is 0 Å². The van der Waals surface area contributed by atoms with E-state index in [0.29, 0.717) is 4.48 Å². The fourth-order valence-corrected chi connectivity index (χ4v) is 1.03. The van der Waals surface area contributed by atoms with Crippen LogP contribution in [0.15, 0.2) is 34.6 Å². The zero-order valence-corrected chi connectivity index (χ0v) is 5.73. The van der Waals surface area contributed by atoms with Crippen molar-refractivity contribution in [2.75, 3.05) is 7.05 Å². The Labute approximate surface area is 59.3 Å². The predicted molar refractivity (Wildman–Crippen MR) is 40.4 cm³/mol. The summed E-state index contributed by atoms with van der Waals surface area (Å²) in [6.45, 7) is 0. The van der Waals surface area contributed by atoms with Crippen LogP contribution in [0, 0.1) is 0 Å². The zero-order valence-electron chi connectivity index (χ0n) is 5.73. The van der Waals surface area contributed by atoms with E-state index in [1.54, 1.807) is 6.34 Å². The first-order valence-corrected chi connectivity index (χ1v) is 3.16. The van der Waals surface area contributed by atoms with Gasteiger partial charge in [-0.3, -0.25) is 0 Å². The molecule has 2 heterocycles. The van der Waals surface area contributed by atoms with Crippen molar-refractivity contribution < 1.29 is 4.48 Å². The van der Waals surface area contributed by atoms with E-state index < -0.39 is 0 Å². The van der Waals surface area contributed by atoms with Crippen molar-refractivity contribution in [3.8, 4) is 0 Å². The lowest BCUT2D eigenvalue weighted by molar-refractivity contribution is -0.651. The molecule has 2 aliphatic heterocycles. The number of hydrogen-bond acceptors (Lipinski definition) is 2. The summed E-state index contributed by atoms with van der Waals surface area (Å²) in [5.74, 6) is 0.975. The van der Waals surface area contributed by atoms with Crippen molar-refractivity contribution >= 4 is 12.2 Å². The minimum atomic E-state index is 0.608. The zero-order chi connectivity index (χ0) is 7.03. The number of rotatable bonds is 0. The molecule has 0 aromatic carbocycles. The molecular formula is C7H8N3+. The summed E-state index contributed by atoms with van der Waals surface area (Å²) in [5.41, 5.74) is 0. The Bertz CT molecular complexity index is 273. The molecule has 0 N–H and O–H groups in total. The van der Waals surface area contributed by atoms with Crippen LogP contribution in [0.4, 0.5) is 0 Å². The Morgan fingerprint density at radius 1 is 1.40 bits per heavy atom. The third-order valence-corrected chi connectivity index (χ3v) is 1.70. The highest BCUT2D eigenvalue weighted by Gasteiger charge is 2.28. The molecule has 0 saturated carbocycles. The van der Waals surface area contributed by atoms with Crippen molar-refractivity contribution in [2.24, 2.45) is 10.2 Å². The second kappa shape index (κ2) is 1.64. The monoisotopic (exact) mass is 134 g/mol. The quantitative estimate of drug-likeness (QED) is 0.439. The molecule has 0 aliphatic carbocycles. The first-order valence-electron chi connectivity index (χ1n) is 3.16. The first-order chi connectivity index (χ1) is 4.81. The predicted octanol–water partition coefficient (Wildman–Crippen LogP) is 0.872. The van der Waals surface area contributed by atoms with Crippen LogP contribution in [0.5, 0.6) is 0 Å². The van der Waals surface area contributed by atoms with Crippen molar-refractivity contribution in [2.45, 2.75) is 0 Å². The van der Waals surface area contributed by atoms with E-state index in [4.69, 9.17) is 0 Å². The van der Waals surface area contributed by atoms with Crippen LogP contribution in [0.2, 0.25) is 0 Å². The van der Waals surface area contributed by atoms with Gasteiger partial charge in [0.15, 0.2) is 0 Å². The van der Waals surface area contributed by atoms with E-state index in [1.165, 1.54) is 0 Å². The topological polar surface area (TPSA) is 24.7 Å². The molecule has 0 aromatic rings. The van der Waals surface area contributed by atoms with Crippen LogP contribution in [0.3, 0.4) is 0 Å². The second-order valence-corrected chi connectivity index (χ2v) is 2.54. The van der Waals surface area contributed by atoms with Gasteiger partial charge in [0.25, 0.3) is 5.84 Å². The minimum absolute atomic E-state index is 0.608. The number of fused-ring (bicyclic) bond motifs is 1. The van der Waals surface area contributed by atoms with Gasteiger partial charge in [0.2, 0.25) is 6.34 Å². The molecule has 0 aromatic heterocycles. The van der Waals surface area contributed by atoms with Crippen LogP contribution in [0.25, 0.3) is 0 Å². The van der Waals surface area contributed by atoms with Gasteiger partial charge in [-0.1, -0.05) is 10.2 Å². The van der Waals surface area contributed by atoms with Crippen LogP contribution in [-0.2, 0) is 0 Å². The number of allylic oxidation sites excluding steroid dienone is 2. The fourth-order valence-electron chi connectivity index (χ4n) is 1.03. The molecule has 2 rings (SSSR count). The number of hydrogen-bond donors (Lipinski definition) is 0. The fraction of sp³-hybridized carbons (Fsp3) is 0.143. The molecule has 3 nitrogen and oxygen atoms in total. The number of quaternary nitrogens is 1. The standard InChI is InChI=1S/C7H8N3/c1-10-5-3-2-4-7(10)9-8-6-10/h2-6H,1H3/q+1. The number of nitrogens with zero attached hydrogens (tertiary/aromatic N) is 3. The van der Waals surface area contributed by atoms with Crippen molar-refractivity contribution in [1.29, 1.82) is 0 Å².